The number of nitrogens with two attached hydrogens (primary N) is 1. The second-order valence-electron chi connectivity index (χ2n) is 6.35. The Balaban J connectivity index is 1.55. The Kier molecular flexibility index (Phi) is 2.78. The summed E-state index contributed by atoms with van der Waals surface area (Å²) in [5, 5.41) is 0. The number of hydrogen-bond donors (Lipinski definition) is 1. The highest BCUT2D eigenvalue weighted by Crippen LogP contribution is 2.36. The van der Waals surface area contributed by atoms with Crippen LogP contribution in [0.25, 0.3) is 0 Å². The molecule has 2 saturated heterocycles. The van der Waals surface area contributed by atoms with E-state index in [9.17, 15) is 0 Å². The van der Waals surface area contributed by atoms with Gasteiger partial charge < -0.3 is 5.73 Å². The Morgan fingerprint density at radius 3 is 2.74 bits per heavy atom. The molecule has 3 aliphatic heterocycles. The third kappa shape index (κ3) is 1.87. The molecule has 0 bridgehead atoms. The number of nitrogen functional groups attached to an aromatic ring is 1. The minimum atomic E-state index is 0.757. The van der Waals surface area contributed by atoms with Crippen molar-refractivity contribution in [2.75, 3.05) is 18.8 Å². The van der Waals surface area contributed by atoms with Gasteiger partial charge in [-0.3, -0.25) is 9.80 Å². The summed E-state index contributed by atoms with van der Waals surface area (Å²) in [6.45, 7) is 4.80. The van der Waals surface area contributed by atoms with E-state index in [0.29, 0.717) is 0 Å². The fourth-order valence-corrected chi connectivity index (χ4v) is 4.35. The fourth-order valence-electron chi connectivity index (χ4n) is 4.35. The highest BCUT2D eigenvalue weighted by molar-refractivity contribution is 5.52. The summed E-state index contributed by atoms with van der Waals surface area (Å²) in [7, 11) is 0. The Morgan fingerprint density at radius 1 is 0.947 bits per heavy atom. The molecule has 3 heterocycles. The average Bonchev–Trinajstić information content (AvgIpc) is 3.02. The van der Waals surface area contributed by atoms with Crippen LogP contribution in [0, 0.1) is 0 Å². The molecule has 0 radical (unpaired) electrons. The van der Waals surface area contributed by atoms with Crippen molar-refractivity contribution in [1.29, 1.82) is 0 Å². The van der Waals surface area contributed by atoms with Gasteiger partial charge in [-0.15, -0.1) is 0 Å². The number of rotatable bonds is 1. The van der Waals surface area contributed by atoms with Crippen LogP contribution >= 0.6 is 0 Å². The van der Waals surface area contributed by atoms with Gasteiger partial charge in [0.15, 0.2) is 0 Å². The molecule has 2 unspecified atom stereocenters. The standard InChI is InChI=1S/C16H23N3/c17-14-5-3-4-12-10-19(11-13(12)14)16-7-9-18-8-2-1-6-15(16)18/h3-5,15-16H,1-2,6-11,17H2. The quantitative estimate of drug-likeness (QED) is 0.783. The maximum Gasteiger partial charge on any atom is 0.0363 e. The van der Waals surface area contributed by atoms with Crippen molar-refractivity contribution in [3.8, 4) is 0 Å². The van der Waals surface area contributed by atoms with Gasteiger partial charge in [0.2, 0.25) is 0 Å². The van der Waals surface area contributed by atoms with E-state index in [4.69, 9.17) is 5.73 Å². The molecule has 3 nitrogen and oxygen atoms in total. The first kappa shape index (κ1) is 11.7. The summed E-state index contributed by atoms with van der Waals surface area (Å²) in [5.41, 5.74) is 9.95. The summed E-state index contributed by atoms with van der Waals surface area (Å²) in [6.07, 6.45) is 5.56. The molecule has 0 amide bonds. The lowest BCUT2D eigenvalue weighted by atomic mass is 9.98. The van der Waals surface area contributed by atoms with E-state index in [1.54, 1.807) is 0 Å². The largest absolute Gasteiger partial charge is 0.398 e. The molecule has 4 rings (SSSR count). The molecule has 1 aromatic carbocycles. The van der Waals surface area contributed by atoms with E-state index in [2.05, 4.69) is 21.9 Å². The third-order valence-electron chi connectivity index (χ3n) is 5.33. The first-order valence-electron chi connectivity index (χ1n) is 7.67. The van der Waals surface area contributed by atoms with Crippen molar-refractivity contribution in [3.63, 3.8) is 0 Å². The first-order chi connectivity index (χ1) is 9.33. The van der Waals surface area contributed by atoms with Crippen LogP contribution in [0.3, 0.4) is 0 Å². The van der Waals surface area contributed by atoms with Crippen LogP contribution in [-0.2, 0) is 13.1 Å². The number of hydrogen-bond acceptors (Lipinski definition) is 3. The number of nitrogens with zero attached hydrogens (tertiary/aromatic N) is 2. The number of fused-ring (bicyclic) bond motifs is 2. The Bertz CT molecular complexity index is 485. The molecule has 2 fully saturated rings. The molecule has 0 spiro atoms. The molecule has 2 N–H and O–H groups in total. The van der Waals surface area contributed by atoms with Gasteiger partial charge >= 0.3 is 0 Å². The predicted molar refractivity (Wildman–Crippen MR) is 77.7 cm³/mol. The Labute approximate surface area is 115 Å². The molecule has 1 aromatic rings. The predicted octanol–water partition coefficient (Wildman–Crippen LogP) is 2.21. The normalized spacial score (nSPS) is 31.4. The van der Waals surface area contributed by atoms with Crippen molar-refractivity contribution in [1.82, 2.24) is 9.80 Å². The van der Waals surface area contributed by atoms with Gasteiger partial charge in [0.05, 0.1) is 0 Å². The smallest absolute Gasteiger partial charge is 0.0363 e. The Morgan fingerprint density at radius 2 is 1.84 bits per heavy atom. The van der Waals surface area contributed by atoms with Crippen LogP contribution < -0.4 is 5.73 Å². The van der Waals surface area contributed by atoms with Gasteiger partial charge in [-0.2, -0.15) is 0 Å². The zero-order valence-corrected chi connectivity index (χ0v) is 11.5. The summed E-state index contributed by atoms with van der Waals surface area (Å²) in [5.74, 6) is 0. The zero-order valence-electron chi connectivity index (χ0n) is 11.5. The van der Waals surface area contributed by atoms with Crippen molar-refractivity contribution in [3.05, 3.63) is 29.3 Å². The molecule has 0 aromatic heterocycles. The van der Waals surface area contributed by atoms with E-state index in [1.165, 1.54) is 49.9 Å². The molecular weight excluding hydrogens is 234 g/mol. The second kappa shape index (κ2) is 4.50. The molecule has 0 aliphatic carbocycles. The van der Waals surface area contributed by atoms with Gasteiger partial charge in [-0.05, 0) is 43.0 Å². The van der Waals surface area contributed by atoms with Gasteiger partial charge in [0.1, 0.15) is 0 Å². The topological polar surface area (TPSA) is 32.5 Å². The molecule has 2 atom stereocenters. The van der Waals surface area contributed by atoms with Crippen LogP contribution in [0.1, 0.15) is 36.8 Å². The summed E-state index contributed by atoms with van der Waals surface area (Å²) >= 11 is 0. The van der Waals surface area contributed by atoms with Crippen molar-refractivity contribution >= 4 is 5.69 Å². The fraction of sp³-hybridized carbons (Fsp3) is 0.625. The highest BCUT2D eigenvalue weighted by atomic mass is 15.3. The van der Waals surface area contributed by atoms with Crippen molar-refractivity contribution < 1.29 is 0 Å². The van der Waals surface area contributed by atoms with E-state index in [-0.39, 0.29) is 0 Å². The van der Waals surface area contributed by atoms with Crippen molar-refractivity contribution in [2.24, 2.45) is 0 Å². The number of anilines is 1. The SMILES string of the molecule is Nc1cccc2c1CN(C1CCN3CCCCC13)C2. The first-order valence-corrected chi connectivity index (χ1v) is 7.67. The van der Waals surface area contributed by atoms with E-state index < -0.39 is 0 Å². The monoisotopic (exact) mass is 257 g/mol. The molecule has 102 valence electrons. The lowest BCUT2D eigenvalue weighted by Crippen LogP contribution is -2.45. The van der Waals surface area contributed by atoms with Crippen molar-refractivity contribution in [2.45, 2.75) is 50.9 Å². The zero-order chi connectivity index (χ0) is 12.8. The van der Waals surface area contributed by atoms with Gasteiger partial charge in [0, 0.05) is 37.4 Å². The number of benzene rings is 1. The minimum absolute atomic E-state index is 0.757. The molecular formula is C16H23N3. The maximum atomic E-state index is 6.13. The Hall–Kier alpha value is -1.06. The summed E-state index contributed by atoms with van der Waals surface area (Å²) < 4.78 is 0. The van der Waals surface area contributed by atoms with Crippen LogP contribution in [0.2, 0.25) is 0 Å². The lowest BCUT2D eigenvalue weighted by molar-refractivity contribution is 0.113. The van der Waals surface area contributed by atoms with Crippen LogP contribution in [0.15, 0.2) is 18.2 Å². The third-order valence-corrected chi connectivity index (χ3v) is 5.33. The minimum Gasteiger partial charge on any atom is -0.398 e. The maximum absolute atomic E-state index is 6.13. The summed E-state index contributed by atoms with van der Waals surface area (Å²) in [6, 6.07) is 7.96. The molecule has 19 heavy (non-hydrogen) atoms. The molecule has 3 aliphatic rings. The van der Waals surface area contributed by atoms with Crippen LogP contribution in [0.4, 0.5) is 5.69 Å². The highest BCUT2D eigenvalue weighted by Gasteiger charge is 2.40. The van der Waals surface area contributed by atoms with Gasteiger partial charge in [0.25, 0.3) is 0 Å². The summed E-state index contributed by atoms with van der Waals surface area (Å²) in [4.78, 5) is 5.40. The van der Waals surface area contributed by atoms with Gasteiger partial charge in [-0.1, -0.05) is 18.6 Å². The van der Waals surface area contributed by atoms with E-state index in [0.717, 1.165) is 30.9 Å². The average molecular weight is 257 g/mol. The van der Waals surface area contributed by atoms with Crippen LogP contribution in [-0.4, -0.2) is 35.0 Å². The lowest BCUT2D eigenvalue weighted by Gasteiger charge is -2.36. The molecule has 0 saturated carbocycles. The van der Waals surface area contributed by atoms with Crippen LogP contribution in [0.5, 0.6) is 0 Å². The van der Waals surface area contributed by atoms with Gasteiger partial charge in [-0.25, -0.2) is 0 Å². The second-order valence-corrected chi connectivity index (χ2v) is 6.35. The van der Waals surface area contributed by atoms with E-state index in [1.807, 2.05) is 6.07 Å². The number of piperidine rings is 1. The molecule has 3 heteroatoms. The van der Waals surface area contributed by atoms with E-state index >= 15 is 0 Å².